The number of carbonyl (C=O) groups is 1. The van der Waals surface area contributed by atoms with Crippen molar-refractivity contribution in [2.24, 2.45) is 5.14 Å². The molecule has 0 aliphatic carbocycles. The van der Waals surface area contributed by atoms with E-state index in [1.807, 2.05) is 12.1 Å². The Morgan fingerprint density at radius 2 is 1.63 bits per heavy atom. The van der Waals surface area contributed by atoms with Gasteiger partial charge in [0.15, 0.2) is 5.60 Å². The lowest BCUT2D eigenvalue weighted by molar-refractivity contribution is -0.132. The van der Waals surface area contributed by atoms with E-state index in [4.69, 9.17) is 9.88 Å². The highest BCUT2D eigenvalue weighted by Crippen LogP contribution is 2.45. The minimum atomic E-state index is -3.88. The summed E-state index contributed by atoms with van der Waals surface area (Å²) >= 11 is 0. The number of amides is 1. The number of hydrogen-bond acceptors (Lipinski definition) is 5. The van der Waals surface area contributed by atoms with Crippen molar-refractivity contribution in [3.8, 4) is 5.75 Å². The average molecular weight is 424 g/mol. The van der Waals surface area contributed by atoms with E-state index in [-0.39, 0.29) is 17.0 Å². The molecule has 1 unspecified atom stereocenters. The molecule has 0 aromatic heterocycles. The Bertz CT molecular complexity index is 1210. The summed E-state index contributed by atoms with van der Waals surface area (Å²) < 4.78 is 28.2. The van der Waals surface area contributed by atoms with Gasteiger partial charge in [0.1, 0.15) is 5.75 Å². The second kappa shape index (κ2) is 7.24. The van der Waals surface area contributed by atoms with Crippen molar-refractivity contribution >= 4 is 21.6 Å². The van der Waals surface area contributed by atoms with Crippen LogP contribution in [-0.2, 0) is 27.0 Å². The number of methoxy groups -OCH3 is 1. The Balaban J connectivity index is 1.75. The topological polar surface area (TPSA) is 110 Å². The molecule has 1 heterocycles. The minimum absolute atomic E-state index is 0.0938. The summed E-state index contributed by atoms with van der Waals surface area (Å²) in [6.45, 7) is 0.261. The molecule has 0 radical (unpaired) electrons. The fourth-order valence-electron chi connectivity index (χ4n) is 3.67. The first kappa shape index (κ1) is 20.1. The van der Waals surface area contributed by atoms with Crippen molar-refractivity contribution in [1.29, 1.82) is 0 Å². The maximum atomic E-state index is 13.4. The van der Waals surface area contributed by atoms with Crippen molar-refractivity contribution in [3.05, 3.63) is 89.5 Å². The van der Waals surface area contributed by atoms with E-state index in [0.29, 0.717) is 17.0 Å². The van der Waals surface area contributed by atoms with Crippen LogP contribution in [0.3, 0.4) is 0 Å². The zero-order chi connectivity index (χ0) is 21.5. The number of hydrogen-bond donors (Lipinski definition) is 2. The number of benzene rings is 3. The molecular weight excluding hydrogens is 404 g/mol. The van der Waals surface area contributed by atoms with Crippen LogP contribution in [0.5, 0.6) is 5.75 Å². The van der Waals surface area contributed by atoms with Gasteiger partial charge < -0.3 is 14.7 Å². The minimum Gasteiger partial charge on any atom is -0.497 e. The molecule has 1 atom stereocenters. The van der Waals surface area contributed by atoms with E-state index in [0.717, 1.165) is 5.56 Å². The van der Waals surface area contributed by atoms with Crippen LogP contribution in [0.25, 0.3) is 0 Å². The van der Waals surface area contributed by atoms with Crippen molar-refractivity contribution in [1.82, 2.24) is 0 Å². The zero-order valence-electron chi connectivity index (χ0n) is 16.1. The lowest BCUT2D eigenvalue weighted by Crippen LogP contribution is -2.40. The number of fused-ring (bicyclic) bond motifs is 1. The largest absolute Gasteiger partial charge is 0.497 e. The highest BCUT2D eigenvalue weighted by Gasteiger charge is 2.50. The third-order valence-corrected chi connectivity index (χ3v) is 6.17. The van der Waals surface area contributed by atoms with Crippen LogP contribution in [0.1, 0.15) is 16.7 Å². The number of rotatable bonds is 5. The first-order valence-electron chi connectivity index (χ1n) is 9.15. The summed E-state index contributed by atoms with van der Waals surface area (Å²) in [5.74, 6) is 0.196. The smallest absolute Gasteiger partial charge is 0.268 e. The Kier molecular flexibility index (Phi) is 4.85. The SMILES string of the molecule is COc1ccc(CN2C(=O)C(O)(c3ccc(S(N)(=O)=O)cc3)c3ccccc32)cc1. The third kappa shape index (κ3) is 3.24. The number of para-hydroxylation sites is 1. The molecular formula is C22H20N2O5S. The second-order valence-electron chi connectivity index (χ2n) is 7.04. The number of ether oxygens (including phenoxy) is 1. The zero-order valence-corrected chi connectivity index (χ0v) is 17.0. The summed E-state index contributed by atoms with van der Waals surface area (Å²) in [4.78, 5) is 14.8. The van der Waals surface area contributed by atoms with Crippen molar-refractivity contribution in [2.75, 3.05) is 12.0 Å². The number of nitrogens with zero attached hydrogens (tertiary/aromatic N) is 1. The maximum Gasteiger partial charge on any atom is 0.268 e. The van der Waals surface area contributed by atoms with E-state index in [9.17, 15) is 18.3 Å². The van der Waals surface area contributed by atoms with Crippen LogP contribution in [0.2, 0.25) is 0 Å². The highest BCUT2D eigenvalue weighted by molar-refractivity contribution is 7.89. The molecule has 0 spiro atoms. The van der Waals surface area contributed by atoms with Gasteiger partial charge in [0.25, 0.3) is 5.91 Å². The lowest BCUT2D eigenvalue weighted by Gasteiger charge is -2.24. The molecule has 3 aromatic carbocycles. The van der Waals surface area contributed by atoms with Crippen molar-refractivity contribution < 1.29 is 23.1 Å². The molecule has 0 saturated heterocycles. The fourth-order valence-corrected chi connectivity index (χ4v) is 4.19. The van der Waals surface area contributed by atoms with E-state index >= 15 is 0 Å². The van der Waals surface area contributed by atoms with Gasteiger partial charge in [-0.2, -0.15) is 0 Å². The predicted octanol–water partition coefficient (Wildman–Crippen LogP) is 2.13. The van der Waals surface area contributed by atoms with Gasteiger partial charge >= 0.3 is 0 Å². The van der Waals surface area contributed by atoms with Gasteiger partial charge in [0.05, 0.1) is 24.2 Å². The average Bonchev–Trinajstić information content (AvgIpc) is 2.97. The Hall–Kier alpha value is -3.20. The van der Waals surface area contributed by atoms with Crippen molar-refractivity contribution in [3.63, 3.8) is 0 Å². The molecule has 7 nitrogen and oxygen atoms in total. The monoisotopic (exact) mass is 424 g/mol. The Morgan fingerprint density at radius 1 is 1.00 bits per heavy atom. The first-order chi connectivity index (χ1) is 14.2. The molecule has 0 saturated carbocycles. The molecule has 1 aliphatic heterocycles. The number of carbonyl (C=O) groups excluding carboxylic acids is 1. The molecule has 0 fully saturated rings. The van der Waals surface area contributed by atoms with Gasteiger partial charge in [-0.3, -0.25) is 4.79 Å². The number of aliphatic hydroxyl groups is 1. The first-order valence-corrected chi connectivity index (χ1v) is 10.7. The van der Waals surface area contributed by atoms with Crippen LogP contribution >= 0.6 is 0 Å². The Morgan fingerprint density at radius 3 is 2.23 bits per heavy atom. The summed E-state index contributed by atoms with van der Waals surface area (Å²) in [6.07, 6.45) is 0. The quantitative estimate of drug-likeness (QED) is 0.652. The molecule has 154 valence electrons. The highest BCUT2D eigenvalue weighted by atomic mass is 32.2. The second-order valence-corrected chi connectivity index (χ2v) is 8.60. The summed E-state index contributed by atoms with van der Waals surface area (Å²) in [5.41, 5.74) is 0.237. The maximum absolute atomic E-state index is 13.4. The summed E-state index contributed by atoms with van der Waals surface area (Å²) in [6, 6.07) is 19.7. The number of nitrogens with two attached hydrogens (primary N) is 1. The van der Waals surface area contributed by atoms with Crippen LogP contribution in [0.15, 0.2) is 77.7 Å². The molecule has 1 amide bonds. The summed E-state index contributed by atoms with van der Waals surface area (Å²) in [7, 11) is -2.30. The van der Waals surface area contributed by atoms with Crippen LogP contribution in [0.4, 0.5) is 5.69 Å². The van der Waals surface area contributed by atoms with Gasteiger partial charge in [0.2, 0.25) is 10.0 Å². The number of sulfonamides is 1. The van der Waals surface area contributed by atoms with Gasteiger partial charge in [-0.15, -0.1) is 0 Å². The third-order valence-electron chi connectivity index (χ3n) is 5.24. The molecule has 1 aliphatic rings. The lowest BCUT2D eigenvalue weighted by atomic mass is 9.87. The van der Waals surface area contributed by atoms with E-state index in [1.54, 1.807) is 43.5 Å². The van der Waals surface area contributed by atoms with E-state index < -0.39 is 21.5 Å². The summed E-state index contributed by atoms with van der Waals surface area (Å²) in [5, 5.41) is 16.7. The standard InChI is InChI=1S/C22H20N2O5S/c1-29-17-10-6-15(7-11-17)14-24-20-5-3-2-4-19(20)22(26,21(24)25)16-8-12-18(13-9-16)30(23,27)28/h2-13,26H,14H2,1H3,(H2,23,27,28). The van der Waals surface area contributed by atoms with Gasteiger partial charge in [-0.1, -0.05) is 42.5 Å². The Labute approximate surface area is 174 Å². The molecule has 3 N–H and O–H groups in total. The number of primary sulfonamides is 1. The normalized spacial score (nSPS) is 18.4. The van der Waals surface area contributed by atoms with Crippen LogP contribution < -0.4 is 14.8 Å². The molecule has 0 bridgehead atoms. The van der Waals surface area contributed by atoms with Gasteiger partial charge in [-0.25, -0.2) is 13.6 Å². The van der Waals surface area contributed by atoms with Gasteiger partial charge in [0, 0.05) is 5.56 Å². The van der Waals surface area contributed by atoms with Crippen LogP contribution in [0, 0.1) is 0 Å². The van der Waals surface area contributed by atoms with Crippen LogP contribution in [-0.4, -0.2) is 26.5 Å². The van der Waals surface area contributed by atoms with Gasteiger partial charge in [-0.05, 0) is 41.5 Å². The van der Waals surface area contributed by atoms with Crippen molar-refractivity contribution in [2.45, 2.75) is 17.0 Å². The fraction of sp³-hybridized carbons (Fsp3) is 0.136. The van der Waals surface area contributed by atoms with E-state index in [1.165, 1.54) is 29.2 Å². The molecule has 3 aromatic rings. The predicted molar refractivity (Wildman–Crippen MR) is 111 cm³/mol. The number of anilines is 1. The molecule has 8 heteroatoms. The van der Waals surface area contributed by atoms with E-state index in [2.05, 4.69) is 0 Å². The molecule has 4 rings (SSSR count). The molecule has 30 heavy (non-hydrogen) atoms.